The Labute approximate surface area is 138 Å². The first kappa shape index (κ1) is 15.2. The molecule has 0 saturated carbocycles. The molecule has 0 aliphatic carbocycles. The Hall–Kier alpha value is -2.72. The van der Waals surface area contributed by atoms with E-state index < -0.39 is 0 Å². The number of carbonyl (C=O) groups excluding carboxylic acids is 1. The van der Waals surface area contributed by atoms with Gasteiger partial charge in [0, 0.05) is 17.6 Å². The van der Waals surface area contributed by atoms with Gasteiger partial charge in [-0.25, -0.2) is 4.98 Å². The van der Waals surface area contributed by atoms with Crippen molar-refractivity contribution in [3.05, 3.63) is 77.1 Å². The number of hydrogen-bond donors (Lipinski definition) is 1. The summed E-state index contributed by atoms with van der Waals surface area (Å²) in [6.45, 7) is 0.381. The van der Waals surface area contributed by atoms with Gasteiger partial charge in [-0.05, 0) is 29.8 Å². The Morgan fingerprint density at radius 2 is 1.83 bits per heavy atom. The Balaban J connectivity index is 1.64. The molecule has 4 nitrogen and oxygen atoms in total. The monoisotopic (exact) mass is 323 g/mol. The lowest BCUT2D eigenvalue weighted by Crippen LogP contribution is -2.20. The fraction of sp³-hybridized carbons (Fsp3) is 0.0556. The first-order valence-corrected chi connectivity index (χ1v) is 7.51. The van der Waals surface area contributed by atoms with Crippen LogP contribution in [0.4, 0.5) is 0 Å². The molecule has 1 aromatic heterocycles. The Morgan fingerprint density at radius 1 is 1.09 bits per heavy atom. The lowest BCUT2D eigenvalue weighted by molar-refractivity contribution is -0.116. The Bertz CT molecular complexity index is 877. The summed E-state index contributed by atoms with van der Waals surface area (Å²) >= 11 is 6.05. The van der Waals surface area contributed by atoms with Gasteiger partial charge in [-0.3, -0.25) is 9.78 Å². The number of benzene rings is 2. The minimum atomic E-state index is -0.208. The minimum absolute atomic E-state index is 0.208. The first-order valence-electron chi connectivity index (χ1n) is 7.13. The van der Waals surface area contributed by atoms with E-state index >= 15 is 0 Å². The smallest absolute Gasteiger partial charge is 0.244 e. The number of aromatic nitrogens is 2. The van der Waals surface area contributed by atoms with E-state index in [0.29, 0.717) is 17.3 Å². The van der Waals surface area contributed by atoms with Crippen LogP contribution in [-0.2, 0) is 11.3 Å². The molecule has 3 rings (SSSR count). The van der Waals surface area contributed by atoms with Crippen molar-refractivity contribution in [3.8, 4) is 0 Å². The van der Waals surface area contributed by atoms with Crippen LogP contribution in [0, 0.1) is 0 Å². The quantitative estimate of drug-likeness (QED) is 0.746. The van der Waals surface area contributed by atoms with E-state index in [1.807, 2.05) is 42.5 Å². The van der Waals surface area contributed by atoms with Gasteiger partial charge in [0.2, 0.25) is 5.91 Å². The number of rotatable bonds is 4. The van der Waals surface area contributed by atoms with Crippen LogP contribution >= 0.6 is 11.6 Å². The molecule has 0 fully saturated rings. The van der Waals surface area contributed by atoms with Crippen LogP contribution in [-0.4, -0.2) is 15.9 Å². The molecular weight excluding hydrogens is 310 g/mol. The van der Waals surface area contributed by atoms with Crippen molar-refractivity contribution in [3.63, 3.8) is 0 Å². The third-order valence-corrected chi connectivity index (χ3v) is 3.65. The standard InChI is InChI=1S/C18H14ClN3O/c19-15-6-2-1-5-13(15)11-21-18(23)10-9-14-12-20-16-7-3-4-8-17(16)22-14/h1-10,12H,11H2,(H,21,23)/b10-9+. The van der Waals surface area contributed by atoms with Gasteiger partial charge in [0.25, 0.3) is 0 Å². The predicted molar refractivity (Wildman–Crippen MR) is 91.9 cm³/mol. The molecule has 0 saturated heterocycles. The van der Waals surface area contributed by atoms with Gasteiger partial charge in [-0.1, -0.05) is 41.9 Å². The van der Waals surface area contributed by atoms with Crippen molar-refractivity contribution in [2.75, 3.05) is 0 Å². The van der Waals surface area contributed by atoms with Gasteiger partial charge in [0.1, 0.15) is 0 Å². The van der Waals surface area contributed by atoms with Crippen molar-refractivity contribution in [2.45, 2.75) is 6.54 Å². The van der Waals surface area contributed by atoms with E-state index in [9.17, 15) is 4.79 Å². The molecule has 5 heteroatoms. The average Bonchev–Trinajstić information content (AvgIpc) is 2.59. The van der Waals surface area contributed by atoms with E-state index in [4.69, 9.17) is 11.6 Å². The molecule has 0 atom stereocenters. The van der Waals surface area contributed by atoms with Gasteiger partial charge in [-0.2, -0.15) is 0 Å². The highest BCUT2D eigenvalue weighted by Crippen LogP contribution is 2.14. The highest BCUT2D eigenvalue weighted by molar-refractivity contribution is 6.31. The molecule has 0 radical (unpaired) electrons. The third-order valence-electron chi connectivity index (χ3n) is 3.28. The van der Waals surface area contributed by atoms with Gasteiger partial charge in [0.15, 0.2) is 0 Å². The maximum atomic E-state index is 11.9. The fourth-order valence-corrected chi connectivity index (χ4v) is 2.30. The summed E-state index contributed by atoms with van der Waals surface area (Å²) in [6.07, 6.45) is 4.72. The summed E-state index contributed by atoms with van der Waals surface area (Å²) in [5, 5.41) is 3.43. The molecule has 0 unspecified atom stereocenters. The molecule has 0 spiro atoms. The van der Waals surface area contributed by atoms with Crippen molar-refractivity contribution in [2.24, 2.45) is 0 Å². The Morgan fingerprint density at radius 3 is 2.65 bits per heavy atom. The van der Waals surface area contributed by atoms with Crippen molar-refractivity contribution >= 4 is 34.6 Å². The molecule has 114 valence electrons. The molecular formula is C18H14ClN3O. The number of nitrogens with one attached hydrogen (secondary N) is 1. The largest absolute Gasteiger partial charge is 0.348 e. The van der Waals surface area contributed by atoms with Gasteiger partial charge >= 0.3 is 0 Å². The first-order chi connectivity index (χ1) is 11.2. The number of carbonyl (C=O) groups is 1. The molecule has 0 bridgehead atoms. The summed E-state index contributed by atoms with van der Waals surface area (Å²) in [7, 11) is 0. The third kappa shape index (κ3) is 3.93. The number of hydrogen-bond acceptors (Lipinski definition) is 3. The zero-order chi connectivity index (χ0) is 16.1. The van der Waals surface area contributed by atoms with Gasteiger partial charge in [0.05, 0.1) is 22.9 Å². The van der Waals surface area contributed by atoms with Crippen molar-refractivity contribution in [1.29, 1.82) is 0 Å². The van der Waals surface area contributed by atoms with E-state index in [0.717, 1.165) is 16.6 Å². The zero-order valence-electron chi connectivity index (χ0n) is 12.2. The molecule has 23 heavy (non-hydrogen) atoms. The van der Waals surface area contributed by atoms with E-state index in [1.54, 1.807) is 18.3 Å². The number of nitrogens with zero attached hydrogens (tertiary/aromatic N) is 2. The van der Waals surface area contributed by atoms with Crippen LogP contribution in [0.2, 0.25) is 5.02 Å². The van der Waals surface area contributed by atoms with Crippen LogP contribution in [0.3, 0.4) is 0 Å². The SMILES string of the molecule is O=C(/C=C/c1cnc2ccccc2n1)NCc1ccccc1Cl. The lowest BCUT2D eigenvalue weighted by atomic mass is 10.2. The van der Waals surface area contributed by atoms with Crippen LogP contribution in [0.1, 0.15) is 11.3 Å². The average molecular weight is 324 g/mol. The van der Waals surface area contributed by atoms with Crippen LogP contribution in [0.25, 0.3) is 17.1 Å². The normalized spacial score (nSPS) is 11.0. The predicted octanol–water partition coefficient (Wildman–Crippen LogP) is 3.61. The number of fused-ring (bicyclic) bond motifs is 1. The fourth-order valence-electron chi connectivity index (χ4n) is 2.10. The van der Waals surface area contributed by atoms with Crippen LogP contribution < -0.4 is 5.32 Å². The second kappa shape index (κ2) is 7.03. The minimum Gasteiger partial charge on any atom is -0.348 e. The molecule has 0 aliphatic rings. The maximum Gasteiger partial charge on any atom is 0.244 e. The van der Waals surface area contributed by atoms with E-state index in [2.05, 4.69) is 15.3 Å². The Kier molecular flexibility index (Phi) is 4.64. The van der Waals surface area contributed by atoms with Gasteiger partial charge in [-0.15, -0.1) is 0 Å². The zero-order valence-corrected chi connectivity index (χ0v) is 13.0. The molecule has 1 heterocycles. The van der Waals surface area contributed by atoms with E-state index in [-0.39, 0.29) is 5.91 Å². The van der Waals surface area contributed by atoms with E-state index in [1.165, 1.54) is 6.08 Å². The summed E-state index contributed by atoms with van der Waals surface area (Å²) < 4.78 is 0. The summed E-state index contributed by atoms with van der Waals surface area (Å²) in [6, 6.07) is 15.0. The number of amides is 1. The van der Waals surface area contributed by atoms with Gasteiger partial charge < -0.3 is 5.32 Å². The second-order valence-electron chi connectivity index (χ2n) is 4.93. The summed E-state index contributed by atoms with van der Waals surface area (Å²) in [4.78, 5) is 20.6. The van der Waals surface area contributed by atoms with Crippen LogP contribution in [0.5, 0.6) is 0 Å². The summed E-state index contributed by atoms with van der Waals surface area (Å²) in [5.41, 5.74) is 3.14. The molecule has 0 aliphatic heterocycles. The lowest BCUT2D eigenvalue weighted by Gasteiger charge is -2.04. The number of para-hydroxylation sites is 2. The molecule has 1 N–H and O–H groups in total. The maximum absolute atomic E-state index is 11.9. The van der Waals surface area contributed by atoms with Crippen LogP contribution in [0.15, 0.2) is 60.8 Å². The number of halogens is 1. The topological polar surface area (TPSA) is 54.9 Å². The second-order valence-corrected chi connectivity index (χ2v) is 5.33. The summed E-state index contributed by atoms with van der Waals surface area (Å²) in [5.74, 6) is -0.208. The highest BCUT2D eigenvalue weighted by atomic mass is 35.5. The molecule has 2 aromatic carbocycles. The van der Waals surface area contributed by atoms with Crippen molar-refractivity contribution < 1.29 is 4.79 Å². The molecule has 3 aromatic rings. The highest BCUT2D eigenvalue weighted by Gasteiger charge is 2.01. The van der Waals surface area contributed by atoms with Crippen molar-refractivity contribution in [1.82, 2.24) is 15.3 Å². The molecule has 1 amide bonds.